The van der Waals surface area contributed by atoms with Crippen LogP contribution >= 0.6 is 11.3 Å². The van der Waals surface area contributed by atoms with Crippen molar-refractivity contribution in [1.29, 1.82) is 0 Å². The van der Waals surface area contributed by atoms with Crippen LogP contribution in [0, 0.1) is 5.92 Å². The molecule has 2 atom stereocenters. The molecule has 4 rings (SSSR count). The molecule has 6 heteroatoms. The zero-order valence-electron chi connectivity index (χ0n) is 15.8. The summed E-state index contributed by atoms with van der Waals surface area (Å²) >= 11 is 1.62. The maximum Gasteiger partial charge on any atom is 0.161 e. The van der Waals surface area contributed by atoms with E-state index in [0.717, 1.165) is 52.4 Å². The molecule has 0 saturated carbocycles. The maximum atomic E-state index is 6.41. The van der Waals surface area contributed by atoms with Gasteiger partial charge in [0.25, 0.3) is 0 Å². The molecule has 1 N–H and O–H groups in total. The molecule has 1 aliphatic heterocycles. The van der Waals surface area contributed by atoms with Gasteiger partial charge in [-0.05, 0) is 55.3 Å². The standard InChI is InChI=1S/C21H24N2O3S/c1-13(15-6-7-22-11-15)26-20-10-16(8-17-21(20)27-12-23-17)14-4-5-18(24-2)19(9-14)25-3/h4-5,8-10,12-13,15,22H,6-7,11H2,1-3H3/t13-,15-/m1/s1. The van der Waals surface area contributed by atoms with Gasteiger partial charge in [0.15, 0.2) is 11.5 Å². The summed E-state index contributed by atoms with van der Waals surface area (Å²) in [5, 5.41) is 3.42. The Morgan fingerprint density at radius 2 is 1.89 bits per heavy atom. The highest BCUT2D eigenvalue weighted by Gasteiger charge is 2.24. The Hall–Kier alpha value is -2.31. The van der Waals surface area contributed by atoms with Gasteiger partial charge in [-0.15, -0.1) is 11.3 Å². The summed E-state index contributed by atoms with van der Waals surface area (Å²) in [6, 6.07) is 10.2. The Kier molecular flexibility index (Phi) is 5.18. The Bertz CT molecular complexity index is 934. The lowest BCUT2D eigenvalue weighted by Crippen LogP contribution is -2.25. The normalized spacial score (nSPS) is 17.8. The van der Waals surface area contributed by atoms with Crippen LogP contribution in [0.4, 0.5) is 0 Å². The second kappa shape index (κ2) is 7.74. The first-order valence-corrected chi connectivity index (χ1v) is 10.0. The molecule has 1 aliphatic rings. The third-order valence-corrected chi connectivity index (χ3v) is 6.05. The Balaban J connectivity index is 1.72. The number of benzene rings is 2. The first-order chi connectivity index (χ1) is 13.2. The van der Waals surface area contributed by atoms with Gasteiger partial charge in [-0.2, -0.15) is 0 Å². The largest absolute Gasteiger partial charge is 0.493 e. The van der Waals surface area contributed by atoms with Crippen molar-refractivity contribution >= 4 is 21.6 Å². The fraction of sp³-hybridized carbons (Fsp3) is 0.381. The molecule has 5 nitrogen and oxygen atoms in total. The Morgan fingerprint density at radius 1 is 1.07 bits per heavy atom. The third kappa shape index (κ3) is 3.59. The van der Waals surface area contributed by atoms with Crippen molar-refractivity contribution < 1.29 is 14.2 Å². The SMILES string of the molecule is COc1ccc(-c2cc(O[C@H](C)[C@@H]3CCNC3)c3scnc3c2)cc1OC. The Labute approximate surface area is 163 Å². The van der Waals surface area contributed by atoms with Gasteiger partial charge in [0, 0.05) is 12.5 Å². The summed E-state index contributed by atoms with van der Waals surface area (Å²) in [7, 11) is 3.29. The highest BCUT2D eigenvalue weighted by molar-refractivity contribution is 7.17. The number of methoxy groups -OCH3 is 2. The van der Waals surface area contributed by atoms with Gasteiger partial charge in [0.2, 0.25) is 0 Å². The van der Waals surface area contributed by atoms with Crippen molar-refractivity contribution in [2.24, 2.45) is 5.92 Å². The van der Waals surface area contributed by atoms with Crippen molar-refractivity contribution in [2.45, 2.75) is 19.4 Å². The molecule has 1 fully saturated rings. The van der Waals surface area contributed by atoms with E-state index in [2.05, 4.69) is 29.4 Å². The van der Waals surface area contributed by atoms with Gasteiger partial charge in [-0.25, -0.2) is 4.98 Å². The van der Waals surface area contributed by atoms with Gasteiger partial charge in [-0.1, -0.05) is 6.07 Å². The predicted molar refractivity (Wildman–Crippen MR) is 109 cm³/mol. The van der Waals surface area contributed by atoms with E-state index in [9.17, 15) is 0 Å². The highest BCUT2D eigenvalue weighted by atomic mass is 32.1. The van der Waals surface area contributed by atoms with E-state index in [0.29, 0.717) is 11.7 Å². The highest BCUT2D eigenvalue weighted by Crippen LogP contribution is 2.38. The zero-order chi connectivity index (χ0) is 18.8. The Morgan fingerprint density at radius 3 is 2.63 bits per heavy atom. The van der Waals surface area contributed by atoms with E-state index >= 15 is 0 Å². The first-order valence-electron chi connectivity index (χ1n) is 9.16. The zero-order valence-corrected chi connectivity index (χ0v) is 16.6. The minimum Gasteiger partial charge on any atom is -0.493 e. The smallest absolute Gasteiger partial charge is 0.161 e. The minimum atomic E-state index is 0.158. The van der Waals surface area contributed by atoms with Crippen molar-refractivity contribution in [3.05, 3.63) is 35.8 Å². The molecule has 0 amide bonds. The van der Waals surface area contributed by atoms with Crippen LogP contribution in [0.5, 0.6) is 17.2 Å². The molecular weight excluding hydrogens is 360 g/mol. The van der Waals surface area contributed by atoms with E-state index in [4.69, 9.17) is 14.2 Å². The summed E-state index contributed by atoms with van der Waals surface area (Å²) in [5.41, 5.74) is 4.93. The molecule has 0 bridgehead atoms. The maximum absolute atomic E-state index is 6.41. The van der Waals surface area contributed by atoms with Crippen molar-refractivity contribution in [3.8, 4) is 28.4 Å². The summed E-state index contributed by atoms with van der Waals surface area (Å²) in [6.07, 6.45) is 1.31. The molecule has 142 valence electrons. The van der Waals surface area contributed by atoms with Gasteiger partial charge < -0.3 is 19.5 Å². The molecule has 2 aromatic carbocycles. The lowest BCUT2D eigenvalue weighted by Gasteiger charge is -2.21. The number of nitrogens with one attached hydrogen (secondary N) is 1. The summed E-state index contributed by atoms with van der Waals surface area (Å²) in [4.78, 5) is 4.52. The van der Waals surface area contributed by atoms with E-state index in [1.165, 1.54) is 0 Å². The molecule has 0 spiro atoms. The molecule has 3 aromatic rings. The topological polar surface area (TPSA) is 52.6 Å². The lowest BCUT2D eigenvalue weighted by atomic mass is 10.0. The molecule has 0 aliphatic carbocycles. The van der Waals surface area contributed by atoms with Crippen LogP contribution < -0.4 is 19.5 Å². The van der Waals surface area contributed by atoms with Gasteiger partial charge in [0.05, 0.1) is 29.9 Å². The number of hydrogen-bond acceptors (Lipinski definition) is 6. The van der Waals surface area contributed by atoms with Crippen LogP contribution in [0.25, 0.3) is 21.3 Å². The fourth-order valence-electron chi connectivity index (χ4n) is 3.58. The van der Waals surface area contributed by atoms with E-state index < -0.39 is 0 Å². The predicted octanol–water partition coefficient (Wildman–Crippen LogP) is 4.36. The number of thiazole rings is 1. The van der Waals surface area contributed by atoms with Crippen LogP contribution in [0.1, 0.15) is 13.3 Å². The minimum absolute atomic E-state index is 0.158. The van der Waals surface area contributed by atoms with Crippen molar-refractivity contribution in [3.63, 3.8) is 0 Å². The average Bonchev–Trinajstić information content (AvgIpc) is 3.39. The van der Waals surface area contributed by atoms with Crippen molar-refractivity contribution in [1.82, 2.24) is 10.3 Å². The van der Waals surface area contributed by atoms with Crippen LogP contribution in [-0.4, -0.2) is 38.4 Å². The lowest BCUT2D eigenvalue weighted by molar-refractivity contribution is 0.163. The molecule has 27 heavy (non-hydrogen) atoms. The van der Waals surface area contributed by atoms with Gasteiger partial charge in [0.1, 0.15) is 11.9 Å². The number of hydrogen-bond donors (Lipinski definition) is 1. The molecule has 1 aromatic heterocycles. The fourth-order valence-corrected chi connectivity index (χ4v) is 4.31. The van der Waals surface area contributed by atoms with Crippen LogP contribution in [-0.2, 0) is 0 Å². The monoisotopic (exact) mass is 384 g/mol. The quantitative estimate of drug-likeness (QED) is 0.684. The van der Waals surface area contributed by atoms with Crippen molar-refractivity contribution in [2.75, 3.05) is 27.3 Å². The van der Waals surface area contributed by atoms with Gasteiger partial charge in [-0.3, -0.25) is 0 Å². The number of aromatic nitrogens is 1. The van der Waals surface area contributed by atoms with Crippen LogP contribution in [0.2, 0.25) is 0 Å². The molecular formula is C21H24N2O3S. The number of rotatable bonds is 6. The summed E-state index contributed by atoms with van der Waals surface area (Å²) < 4.78 is 18.3. The molecule has 0 unspecified atom stereocenters. The molecule has 1 saturated heterocycles. The van der Waals surface area contributed by atoms with E-state index in [1.807, 2.05) is 23.7 Å². The third-order valence-electron chi connectivity index (χ3n) is 5.19. The second-order valence-electron chi connectivity index (χ2n) is 6.82. The first kappa shape index (κ1) is 18.1. The number of nitrogens with zero attached hydrogens (tertiary/aromatic N) is 1. The average molecular weight is 385 g/mol. The second-order valence-corrected chi connectivity index (χ2v) is 7.68. The van der Waals surface area contributed by atoms with Crippen LogP contribution in [0.15, 0.2) is 35.8 Å². The number of ether oxygens (including phenoxy) is 3. The van der Waals surface area contributed by atoms with Crippen LogP contribution in [0.3, 0.4) is 0 Å². The number of fused-ring (bicyclic) bond motifs is 1. The molecule has 2 heterocycles. The summed E-state index contributed by atoms with van der Waals surface area (Å²) in [6.45, 7) is 4.25. The summed E-state index contributed by atoms with van der Waals surface area (Å²) in [5.74, 6) is 2.87. The van der Waals surface area contributed by atoms with Gasteiger partial charge >= 0.3 is 0 Å². The van der Waals surface area contributed by atoms with E-state index in [1.54, 1.807) is 25.6 Å². The molecule has 0 radical (unpaired) electrons. The van der Waals surface area contributed by atoms with E-state index in [-0.39, 0.29) is 6.10 Å².